The van der Waals surface area contributed by atoms with E-state index in [4.69, 9.17) is 4.74 Å². The largest absolute Gasteiger partial charge is 0.370 e. The number of aromatic nitrogens is 5. The van der Waals surface area contributed by atoms with Crippen LogP contribution in [0.3, 0.4) is 0 Å². The first-order chi connectivity index (χ1) is 10.8. The summed E-state index contributed by atoms with van der Waals surface area (Å²) in [4.78, 5) is 4.29. The lowest BCUT2D eigenvalue weighted by molar-refractivity contribution is 0.104. The first-order valence-corrected chi connectivity index (χ1v) is 7.30. The van der Waals surface area contributed by atoms with E-state index in [0.29, 0.717) is 19.0 Å². The molecule has 0 fully saturated rings. The van der Waals surface area contributed by atoms with E-state index >= 15 is 0 Å². The summed E-state index contributed by atoms with van der Waals surface area (Å²) in [6.07, 6.45) is 1.69. The zero-order valence-corrected chi connectivity index (χ0v) is 12.8. The molecule has 0 radical (unpaired) electrons. The molecule has 0 saturated carbocycles. The molecule has 0 aliphatic heterocycles. The monoisotopic (exact) mass is 297 g/mol. The quantitative estimate of drug-likeness (QED) is 0.701. The van der Waals surface area contributed by atoms with Crippen molar-refractivity contribution in [2.45, 2.75) is 26.7 Å². The fourth-order valence-electron chi connectivity index (χ4n) is 2.27. The summed E-state index contributed by atoms with van der Waals surface area (Å²) < 4.78 is 9.33. The Labute approximate surface area is 129 Å². The van der Waals surface area contributed by atoms with Gasteiger partial charge in [-0.05, 0) is 18.6 Å². The second-order valence-electron chi connectivity index (χ2n) is 5.06. The van der Waals surface area contributed by atoms with Crippen LogP contribution in [-0.2, 0) is 31.5 Å². The molecule has 0 saturated heterocycles. The molecule has 6 nitrogen and oxygen atoms in total. The van der Waals surface area contributed by atoms with Gasteiger partial charge < -0.3 is 4.74 Å². The number of rotatable bonds is 6. The number of aryl methyl sites for hydroxylation is 2. The van der Waals surface area contributed by atoms with Crippen LogP contribution in [0.4, 0.5) is 0 Å². The first-order valence-electron chi connectivity index (χ1n) is 7.30. The molecule has 0 amide bonds. The van der Waals surface area contributed by atoms with Gasteiger partial charge >= 0.3 is 0 Å². The van der Waals surface area contributed by atoms with E-state index in [-0.39, 0.29) is 0 Å². The predicted octanol–water partition coefficient (Wildman–Crippen LogP) is 2.42. The maximum atomic E-state index is 5.74. The van der Waals surface area contributed by atoms with Gasteiger partial charge in [-0.25, -0.2) is 4.98 Å². The average Bonchev–Trinajstić information content (AvgIpc) is 3.14. The minimum absolute atomic E-state index is 0.474. The van der Waals surface area contributed by atoms with Crippen molar-refractivity contribution in [2.75, 3.05) is 0 Å². The summed E-state index contributed by atoms with van der Waals surface area (Å²) in [5, 5.41) is 8.88. The molecular formula is C16H19N5O. The van der Waals surface area contributed by atoms with Gasteiger partial charge in [0.25, 0.3) is 0 Å². The van der Waals surface area contributed by atoms with Gasteiger partial charge in [-0.2, -0.15) is 5.10 Å². The van der Waals surface area contributed by atoms with Crippen molar-refractivity contribution >= 4 is 0 Å². The summed E-state index contributed by atoms with van der Waals surface area (Å²) >= 11 is 0. The van der Waals surface area contributed by atoms with E-state index in [1.807, 2.05) is 55.1 Å². The molecular weight excluding hydrogens is 278 g/mol. The Morgan fingerprint density at radius 3 is 2.59 bits per heavy atom. The molecule has 6 heteroatoms. The van der Waals surface area contributed by atoms with Gasteiger partial charge in [-0.15, -0.1) is 5.10 Å². The van der Waals surface area contributed by atoms with Crippen LogP contribution in [0, 0.1) is 0 Å². The Morgan fingerprint density at radius 1 is 1.09 bits per heavy atom. The highest BCUT2D eigenvalue weighted by Gasteiger charge is 2.12. The maximum Gasteiger partial charge on any atom is 0.199 e. The topological polar surface area (TPSA) is 57.8 Å². The predicted molar refractivity (Wildman–Crippen MR) is 82.8 cm³/mol. The Hall–Kier alpha value is -2.47. The van der Waals surface area contributed by atoms with Crippen molar-refractivity contribution in [3.8, 4) is 11.5 Å². The van der Waals surface area contributed by atoms with Crippen LogP contribution in [0.5, 0.6) is 0 Å². The number of hydrogen-bond donors (Lipinski definition) is 0. The zero-order chi connectivity index (χ0) is 15.4. The minimum atomic E-state index is 0.474. The Morgan fingerprint density at radius 2 is 1.91 bits per heavy atom. The molecule has 114 valence electrons. The van der Waals surface area contributed by atoms with Crippen LogP contribution in [0.25, 0.3) is 11.5 Å². The highest BCUT2D eigenvalue weighted by Crippen LogP contribution is 2.17. The molecule has 0 atom stereocenters. The molecule has 0 aliphatic rings. The van der Waals surface area contributed by atoms with Crippen LogP contribution in [0.15, 0.2) is 42.7 Å². The molecule has 0 bridgehead atoms. The van der Waals surface area contributed by atoms with E-state index in [1.54, 1.807) is 11.0 Å². The summed E-state index contributed by atoms with van der Waals surface area (Å²) in [7, 11) is 1.85. The third-order valence-corrected chi connectivity index (χ3v) is 3.32. The van der Waals surface area contributed by atoms with E-state index in [1.165, 1.54) is 0 Å². The van der Waals surface area contributed by atoms with Crippen LogP contribution >= 0.6 is 0 Å². The second kappa shape index (κ2) is 6.53. The number of nitrogens with zero attached hydrogens (tertiary/aromatic N) is 5. The van der Waals surface area contributed by atoms with Gasteiger partial charge in [0.15, 0.2) is 5.82 Å². The van der Waals surface area contributed by atoms with Crippen LogP contribution in [0.1, 0.15) is 18.2 Å². The molecule has 0 N–H and O–H groups in total. The SMILES string of the molecule is CCn1nc(COCc2ccccc2)cc1-c1ncn(C)n1. The lowest BCUT2D eigenvalue weighted by Crippen LogP contribution is -2.01. The summed E-state index contributed by atoms with van der Waals surface area (Å²) in [5.74, 6) is 0.686. The molecule has 0 spiro atoms. The van der Waals surface area contributed by atoms with Gasteiger partial charge in [0.05, 0.1) is 18.9 Å². The van der Waals surface area contributed by atoms with Crippen molar-refractivity contribution in [3.05, 3.63) is 54.0 Å². The lowest BCUT2D eigenvalue weighted by Gasteiger charge is -2.02. The summed E-state index contributed by atoms with van der Waals surface area (Å²) in [5.41, 5.74) is 2.96. The van der Waals surface area contributed by atoms with Gasteiger partial charge in [0, 0.05) is 13.6 Å². The van der Waals surface area contributed by atoms with E-state index in [9.17, 15) is 0 Å². The lowest BCUT2D eigenvalue weighted by atomic mass is 10.2. The summed E-state index contributed by atoms with van der Waals surface area (Å²) in [6, 6.07) is 12.1. The van der Waals surface area contributed by atoms with Gasteiger partial charge in [0.1, 0.15) is 12.0 Å². The van der Waals surface area contributed by atoms with Gasteiger partial charge in [-0.3, -0.25) is 9.36 Å². The number of ether oxygens (including phenoxy) is 1. The van der Waals surface area contributed by atoms with Crippen molar-refractivity contribution in [1.29, 1.82) is 0 Å². The normalized spacial score (nSPS) is 11.0. The van der Waals surface area contributed by atoms with Crippen LogP contribution in [0.2, 0.25) is 0 Å². The standard InChI is InChI=1S/C16H19N5O/c1-3-21-15(16-17-12-20(2)19-16)9-14(18-21)11-22-10-13-7-5-4-6-8-13/h4-9,12H,3,10-11H2,1-2H3. The van der Waals surface area contributed by atoms with E-state index in [0.717, 1.165) is 23.5 Å². The molecule has 1 aromatic carbocycles. The molecule has 2 heterocycles. The second-order valence-corrected chi connectivity index (χ2v) is 5.06. The van der Waals surface area contributed by atoms with Crippen molar-refractivity contribution < 1.29 is 4.74 Å². The molecule has 0 aliphatic carbocycles. The molecule has 22 heavy (non-hydrogen) atoms. The Kier molecular flexibility index (Phi) is 4.29. The smallest absolute Gasteiger partial charge is 0.199 e. The third kappa shape index (κ3) is 3.23. The number of benzene rings is 1. The molecule has 3 aromatic rings. The maximum absolute atomic E-state index is 5.74. The minimum Gasteiger partial charge on any atom is -0.370 e. The Balaban J connectivity index is 1.68. The fraction of sp³-hybridized carbons (Fsp3) is 0.312. The third-order valence-electron chi connectivity index (χ3n) is 3.32. The molecule has 2 aromatic heterocycles. The fourth-order valence-corrected chi connectivity index (χ4v) is 2.27. The van der Waals surface area contributed by atoms with E-state index < -0.39 is 0 Å². The average molecular weight is 297 g/mol. The van der Waals surface area contributed by atoms with Gasteiger partial charge in [0.2, 0.25) is 0 Å². The molecule has 0 unspecified atom stereocenters. The van der Waals surface area contributed by atoms with Crippen molar-refractivity contribution in [1.82, 2.24) is 24.5 Å². The highest BCUT2D eigenvalue weighted by atomic mass is 16.5. The van der Waals surface area contributed by atoms with Crippen LogP contribution < -0.4 is 0 Å². The summed E-state index contributed by atoms with van der Waals surface area (Å²) in [6.45, 7) is 3.87. The first kappa shape index (κ1) is 14.5. The van der Waals surface area contributed by atoms with Gasteiger partial charge in [-0.1, -0.05) is 30.3 Å². The van der Waals surface area contributed by atoms with E-state index in [2.05, 4.69) is 15.2 Å². The zero-order valence-electron chi connectivity index (χ0n) is 12.8. The highest BCUT2D eigenvalue weighted by molar-refractivity contribution is 5.49. The molecule has 3 rings (SSSR count). The van der Waals surface area contributed by atoms with Crippen molar-refractivity contribution in [2.24, 2.45) is 7.05 Å². The van der Waals surface area contributed by atoms with Crippen molar-refractivity contribution in [3.63, 3.8) is 0 Å². The number of hydrogen-bond acceptors (Lipinski definition) is 4. The Bertz CT molecular complexity index is 732. The van der Waals surface area contributed by atoms with Crippen LogP contribution in [-0.4, -0.2) is 24.5 Å².